The lowest BCUT2D eigenvalue weighted by Crippen LogP contribution is -2.57. The van der Waals surface area contributed by atoms with Gasteiger partial charge < -0.3 is 10.1 Å². The average molecular weight is 346 g/mol. The molecule has 5 aliphatic rings. The maximum absolute atomic E-state index is 12.9. The Kier molecular flexibility index (Phi) is 3.55. The van der Waals surface area contributed by atoms with Crippen LogP contribution < -0.4 is 10.1 Å². The van der Waals surface area contributed by atoms with E-state index in [2.05, 4.69) is 5.32 Å². The van der Waals surface area contributed by atoms with Crippen molar-refractivity contribution in [1.82, 2.24) is 5.32 Å². The molecule has 0 radical (unpaired) electrons. The zero-order valence-electron chi connectivity index (χ0n) is 13.8. The molecule has 3 nitrogen and oxygen atoms in total. The fraction of sp³-hybridized carbons (Fsp3) is 0.650. The molecule has 0 unspecified atom stereocenters. The van der Waals surface area contributed by atoms with E-state index >= 15 is 0 Å². The molecular formula is C20H24ClNO2. The Hall–Kier alpha value is -1.22. The van der Waals surface area contributed by atoms with Crippen molar-refractivity contribution in [2.24, 2.45) is 29.6 Å². The van der Waals surface area contributed by atoms with E-state index in [-0.39, 0.29) is 11.8 Å². The molecule has 4 fully saturated rings. The molecule has 1 aliphatic heterocycles. The van der Waals surface area contributed by atoms with Crippen LogP contribution in [0.25, 0.3) is 0 Å². The first-order valence-corrected chi connectivity index (χ1v) is 9.75. The number of hydrogen-bond acceptors (Lipinski definition) is 2. The highest BCUT2D eigenvalue weighted by molar-refractivity contribution is 6.30. The monoisotopic (exact) mass is 345 g/mol. The molecule has 1 aromatic rings. The number of hydrogen-bond donors (Lipinski definition) is 1. The molecule has 1 heterocycles. The van der Waals surface area contributed by atoms with Crippen molar-refractivity contribution in [3.05, 3.63) is 28.8 Å². The summed E-state index contributed by atoms with van der Waals surface area (Å²) in [5.74, 6) is 4.28. The lowest BCUT2D eigenvalue weighted by molar-refractivity contribution is -0.130. The molecule has 4 saturated carbocycles. The number of nitrogens with one attached hydrogen (secondary N) is 1. The minimum atomic E-state index is -0.0897. The van der Waals surface area contributed by atoms with Crippen molar-refractivity contribution in [3.63, 3.8) is 0 Å². The maximum atomic E-state index is 12.9. The van der Waals surface area contributed by atoms with Gasteiger partial charge in [0.25, 0.3) is 0 Å². The van der Waals surface area contributed by atoms with Gasteiger partial charge in [0.1, 0.15) is 12.4 Å². The molecule has 128 valence electrons. The Labute approximate surface area is 148 Å². The van der Waals surface area contributed by atoms with E-state index in [0.29, 0.717) is 17.7 Å². The molecular weight excluding hydrogens is 322 g/mol. The van der Waals surface area contributed by atoms with Crippen molar-refractivity contribution in [2.45, 2.75) is 44.6 Å². The van der Waals surface area contributed by atoms with Gasteiger partial charge in [-0.1, -0.05) is 11.6 Å². The van der Waals surface area contributed by atoms with Crippen LogP contribution in [0.3, 0.4) is 0 Å². The summed E-state index contributed by atoms with van der Waals surface area (Å²) < 4.78 is 5.80. The molecule has 1 N–H and O–H groups in total. The van der Waals surface area contributed by atoms with Gasteiger partial charge in [0, 0.05) is 11.1 Å². The van der Waals surface area contributed by atoms with Crippen LogP contribution in [-0.2, 0) is 11.2 Å². The highest BCUT2D eigenvalue weighted by Gasteiger charge is 2.49. The number of halogens is 1. The average Bonchev–Trinajstić information content (AvgIpc) is 2.56. The SMILES string of the molecule is O=C(NC1C2CC3CC(C2)CC1C3)[C@@H]1COc2ccc(Cl)cc2C1. The van der Waals surface area contributed by atoms with Crippen LogP contribution in [0.5, 0.6) is 5.75 Å². The minimum Gasteiger partial charge on any atom is -0.492 e. The van der Waals surface area contributed by atoms with E-state index in [4.69, 9.17) is 16.3 Å². The molecule has 6 rings (SSSR count). The number of carbonyl (C=O) groups excluding carboxylic acids is 1. The van der Waals surface area contributed by atoms with E-state index in [1.807, 2.05) is 18.2 Å². The number of amides is 1. The third-order valence-corrected chi connectivity index (χ3v) is 7.07. The lowest BCUT2D eigenvalue weighted by atomic mass is 9.54. The summed E-state index contributed by atoms with van der Waals surface area (Å²) in [6, 6.07) is 6.09. The van der Waals surface area contributed by atoms with Gasteiger partial charge in [-0.3, -0.25) is 4.79 Å². The number of rotatable bonds is 2. The quantitative estimate of drug-likeness (QED) is 0.884. The Morgan fingerprint density at radius 2 is 1.79 bits per heavy atom. The van der Waals surface area contributed by atoms with E-state index in [1.165, 1.54) is 32.1 Å². The molecule has 1 amide bonds. The fourth-order valence-electron chi connectivity index (χ4n) is 5.97. The minimum absolute atomic E-state index is 0.0897. The highest BCUT2D eigenvalue weighted by atomic mass is 35.5. The van der Waals surface area contributed by atoms with Gasteiger partial charge in [-0.15, -0.1) is 0 Å². The summed E-state index contributed by atoms with van der Waals surface area (Å²) in [7, 11) is 0. The summed E-state index contributed by atoms with van der Waals surface area (Å²) in [5.41, 5.74) is 1.05. The maximum Gasteiger partial charge on any atom is 0.227 e. The Morgan fingerprint density at radius 3 is 2.50 bits per heavy atom. The van der Waals surface area contributed by atoms with E-state index in [0.717, 1.165) is 41.4 Å². The molecule has 1 aromatic carbocycles. The van der Waals surface area contributed by atoms with Crippen LogP contribution in [0.4, 0.5) is 0 Å². The zero-order valence-corrected chi connectivity index (χ0v) is 14.6. The van der Waals surface area contributed by atoms with Crippen molar-refractivity contribution in [1.29, 1.82) is 0 Å². The molecule has 24 heavy (non-hydrogen) atoms. The first-order chi connectivity index (χ1) is 11.7. The predicted molar refractivity (Wildman–Crippen MR) is 93.1 cm³/mol. The normalized spacial score (nSPS) is 39.2. The smallest absolute Gasteiger partial charge is 0.227 e. The lowest BCUT2D eigenvalue weighted by Gasteiger charge is -2.54. The van der Waals surface area contributed by atoms with Crippen LogP contribution in [0.15, 0.2) is 18.2 Å². The first-order valence-electron chi connectivity index (χ1n) is 9.37. The van der Waals surface area contributed by atoms with Crippen LogP contribution in [0, 0.1) is 29.6 Å². The largest absolute Gasteiger partial charge is 0.492 e. The third-order valence-electron chi connectivity index (χ3n) is 6.84. The summed E-state index contributed by atoms with van der Waals surface area (Å²) >= 11 is 6.09. The van der Waals surface area contributed by atoms with Gasteiger partial charge >= 0.3 is 0 Å². The van der Waals surface area contributed by atoms with E-state index < -0.39 is 0 Å². The van der Waals surface area contributed by atoms with Crippen LogP contribution in [0.2, 0.25) is 5.02 Å². The van der Waals surface area contributed by atoms with Gasteiger partial charge in [-0.2, -0.15) is 0 Å². The molecule has 1 atom stereocenters. The van der Waals surface area contributed by atoms with E-state index in [1.54, 1.807) is 0 Å². The highest BCUT2D eigenvalue weighted by Crippen LogP contribution is 2.53. The Balaban J connectivity index is 1.28. The summed E-state index contributed by atoms with van der Waals surface area (Å²) in [6.07, 6.45) is 7.50. The number of fused-ring (bicyclic) bond motifs is 1. The van der Waals surface area contributed by atoms with Gasteiger partial charge in [0.05, 0.1) is 5.92 Å². The number of ether oxygens (including phenoxy) is 1. The van der Waals surface area contributed by atoms with Crippen LogP contribution >= 0.6 is 11.6 Å². The second kappa shape index (κ2) is 5.66. The van der Waals surface area contributed by atoms with Crippen LogP contribution in [0.1, 0.15) is 37.7 Å². The molecule has 0 aromatic heterocycles. The molecule has 4 heteroatoms. The number of benzene rings is 1. The summed E-state index contributed by atoms with van der Waals surface area (Å²) in [5, 5.41) is 4.13. The third kappa shape index (κ3) is 2.52. The van der Waals surface area contributed by atoms with Gasteiger partial charge in [0.15, 0.2) is 0 Å². The molecule has 0 saturated heterocycles. The van der Waals surface area contributed by atoms with Crippen LogP contribution in [-0.4, -0.2) is 18.6 Å². The van der Waals surface area contributed by atoms with Gasteiger partial charge in [0.2, 0.25) is 5.91 Å². The fourth-order valence-corrected chi connectivity index (χ4v) is 6.17. The summed E-state index contributed by atoms with van der Waals surface area (Å²) in [6.45, 7) is 0.480. The summed E-state index contributed by atoms with van der Waals surface area (Å²) in [4.78, 5) is 12.9. The van der Waals surface area contributed by atoms with Gasteiger partial charge in [-0.25, -0.2) is 0 Å². The molecule has 0 spiro atoms. The topological polar surface area (TPSA) is 38.3 Å². The first kappa shape index (κ1) is 15.1. The molecule has 4 aliphatic carbocycles. The zero-order chi connectivity index (χ0) is 16.3. The predicted octanol–water partition coefficient (Wildman–Crippen LogP) is 3.83. The van der Waals surface area contributed by atoms with E-state index in [9.17, 15) is 4.79 Å². The van der Waals surface area contributed by atoms with Crippen molar-refractivity contribution in [3.8, 4) is 5.75 Å². The Bertz CT molecular complexity index is 646. The Morgan fingerprint density at radius 1 is 1.08 bits per heavy atom. The molecule has 4 bridgehead atoms. The second-order valence-electron chi connectivity index (χ2n) is 8.43. The number of carbonyl (C=O) groups is 1. The standard InChI is InChI=1S/C20H24ClNO2/c21-17-1-2-18-13(9-17)8-16(10-24-18)20(23)22-19-14-4-11-3-12(6-14)7-15(19)5-11/h1-2,9,11-12,14-16,19H,3-8,10H2,(H,22,23)/t11?,12?,14?,15?,16-,19?/m0/s1. The second-order valence-corrected chi connectivity index (χ2v) is 8.87. The van der Waals surface area contributed by atoms with Crippen molar-refractivity contribution in [2.75, 3.05) is 6.61 Å². The van der Waals surface area contributed by atoms with Crippen molar-refractivity contribution >= 4 is 17.5 Å². The van der Waals surface area contributed by atoms with Crippen molar-refractivity contribution < 1.29 is 9.53 Å². The van der Waals surface area contributed by atoms with Gasteiger partial charge in [-0.05, 0) is 86.0 Å².